The lowest BCUT2D eigenvalue weighted by atomic mass is 10.0. The Hall–Kier alpha value is -2.55. The molecule has 0 atom stereocenters. The summed E-state index contributed by atoms with van der Waals surface area (Å²) < 4.78 is 2.18. The predicted octanol–water partition coefficient (Wildman–Crippen LogP) is 4.57. The maximum Gasteiger partial charge on any atom is 0.335 e. The van der Waals surface area contributed by atoms with Gasteiger partial charge in [0.15, 0.2) is 0 Å². The zero-order valence-corrected chi connectivity index (χ0v) is 13.8. The maximum atomic E-state index is 11.3. The Morgan fingerprint density at radius 3 is 2.43 bits per heavy atom. The van der Waals surface area contributed by atoms with Crippen LogP contribution in [0.2, 0.25) is 0 Å². The molecule has 0 saturated heterocycles. The van der Waals surface area contributed by atoms with E-state index in [0.29, 0.717) is 5.56 Å². The van der Waals surface area contributed by atoms with Gasteiger partial charge in [-0.15, -0.1) is 0 Å². The topological polar surface area (TPSA) is 42.2 Å². The number of carboxylic acids is 1. The lowest BCUT2D eigenvalue weighted by Gasteiger charge is -2.12. The molecule has 0 saturated carbocycles. The van der Waals surface area contributed by atoms with Crippen LogP contribution >= 0.6 is 0 Å². The Labute approximate surface area is 136 Å². The number of carboxylic acid groups (broad SMARTS) is 1. The molecule has 0 fully saturated rings. The average molecular weight is 307 g/mol. The monoisotopic (exact) mass is 307 g/mol. The molecule has 0 radical (unpaired) electrons. The molecule has 1 heterocycles. The number of benzene rings is 2. The SMILES string of the molecule is CCc1cn(Cc2c(C)cccc2C)c2cc(C(=O)O)ccc12. The summed E-state index contributed by atoms with van der Waals surface area (Å²) in [7, 11) is 0. The van der Waals surface area contributed by atoms with Crippen molar-refractivity contribution in [1.29, 1.82) is 0 Å². The molecule has 0 amide bonds. The van der Waals surface area contributed by atoms with E-state index in [2.05, 4.69) is 49.7 Å². The molecule has 3 nitrogen and oxygen atoms in total. The van der Waals surface area contributed by atoms with Gasteiger partial charge in [-0.1, -0.05) is 31.2 Å². The molecule has 1 N–H and O–H groups in total. The summed E-state index contributed by atoms with van der Waals surface area (Å²) in [4.78, 5) is 11.3. The summed E-state index contributed by atoms with van der Waals surface area (Å²) in [6.45, 7) is 7.14. The van der Waals surface area contributed by atoms with E-state index in [-0.39, 0.29) is 0 Å². The van der Waals surface area contributed by atoms with Crippen molar-refractivity contribution in [3.63, 3.8) is 0 Å². The highest BCUT2D eigenvalue weighted by Gasteiger charge is 2.12. The van der Waals surface area contributed by atoms with E-state index >= 15 is 0 Å². The first-order valence-corrected chi connectivity index (χ1v) is 7.91. The number of aryl methyl sites for hydroxylation is 3. The third-order valence-electron chi connectivity index (χ3n) is 4.57. The number of nitrogens with zero attached hydrogens (tertiary/aromatic N) is 1. The fourth-order valence-corrected chi connectivity index (χ4v) is 3.18. The van der Waals surface area contributed by atoms with Crippen molar-refractivity contribution < 1.29 is 9.90 Å². The molecular weight excluding hydrogens is 286 g/mol. The van der Waals surface area contributed by atoms with E-state index in [1.165, 1.54) is 22.3 Å². The Bertz CT molecular complexity index is 870. The number of hydrogen-bond donors (Lipinski definition) is 1. The van der Waals surface area contributed by atoms with Gasteiger partial charge in [-0.05, 0) is 54.7 Å². The van der Waals surface area contributed by atoms with Crippen LogP contribution in [-0.2, 0) is 13.0 Å². The fourth-order valence-electron chi connectivity index (χ4n) is 3.18. The van der Waals surface area contributed by atoms with Crippen molar-refractivity contribution in [3.8, 4) is 0 Å². The molecule has 0 unspecified atom stereocenters. The number of hydrogen-bond acceptors (Lipinski definition) is 1. The molecule has 1 aromatic heterocycles. The van der Waals surface area contributed by atoms with Crippen molar-refractivity contribution >= 4 is 16.9 Å². The third kappa shape index (κ3) is 2.74. The number of aromatic carboxylic acids is 1. The van der Waals surface area contributed by atoms with E-state index in [1.54, 1.807) is 12.1 Å². The van der Waals surface area contributed by atoms with Crippen LogP contribution in [0.25, 0.3) is 10.9 Å². The molecule has 23 heavy (non-hydrogen) atoms. The largest absolute Gasteiger partial charge is 0.478 e. The summed E-state index contributed by atoms with van der Waals surface area (Å²) in [5.41, 5.74) is 6.40. The molecule has 0 aliphatic rings. The van der Waals surface area contributed by atoms with Gasteiger partial charge in [0.05, 0.1) is 5.56 Å². The van der Waals surface area contributed by atoms with Crippen LogP contribution < -0.4 is 0 Å². The summed E-state index contributed by atoms with van der Waals surface area (Å²) in [6.07, 6.45) is 3.09. The Balaban J connectivity index is 2.16. The second kappa shape index (κ2) is 5.92. The van der Waals surface area contributed by atoms with Crippen LogP contribution in [0.15, 0.2) is 42.6 Å². The van der Waals surface area contributed by atoms with Gasteiger partial charge in [0.2, 0.25) is 0 Å². The van der Waals surface area contributed by atoms with Crippen molar-refractivity contribution in [1.82, 2.24) is 4.57 Å². The molecule has 3 aromatic rings. The lowest BCUT2D eigenvalue weighted by Crippen LogP contribution is -2.03. The fraction of sp³-hybridized carbons (Fsp3) is 0.250. The number of rotatable bonds is 4. The number of aromatic nitrogens is 1. The lowest BCUT2D eigenvalue weighted by molar-refractivity contribution is 0.0697. The maximum absolute atomic E-state index is 11.3. The Morgan fingerprint density at radius 2 is 1.83 bits per heavy atom. The van der Waals surface area contributed by atoms with Crippen molar-refractivity contribution in [2.24, 2.45) is 0 Å². The molecule has 0 bridgehead atoms. The Morgan fingerprint density at radius 1 is 1.13 bits per heavy atom. The first kappa shape index (κ1) is 15.3. The molecule has 2 aromatic carbocycles. The average Bonchev–Trinajstić information content (AvgIpc) is 2.88. The summed E-state index contributed by atoms with van der Waals surface area (Å²) in [5, 5.41) is 10.4. The van der Waals surface area contributed by atoms with Crippen LogP contribution in [-0.4, -0.2) is 15.6 Å². The van der Waals surface area contributed by atoms with Crippen molar-refractivity contribution in [2.75, 3.05) is 0 Å². The van der Waals surface area contributed by atoms with Crippen LogP contribution in [0.1, 0.15) is 39.5 Å². The summed E-state index contributed by atoms with van der Waals surface area (Å²) in [6, 6.07) is 11.7. The zero-order chi connectivity index (χ0) is 16.6. The second-order valence-electron chi connectivity index (χ2n) is 6.04. The molecular formula is C20H21NO2. The predicted molar refractivity (Wildman–Crippen MR) is 93.3 cm³/mol. The highest BCUT2D eigenvalue weighted by Crippen LogP contribution is 2.26. The summed E-state index contributed by atoms with van der Waals surface area (Å²) >= 11 is 0. The minimum Gasteiger partial charge on any atom is -0.478 e. The van der Waals surface area contributed by atoms with Gasteiger partial charge < -0.3 is 9.67 Å². The third-order valence-corrected chi connectivity index (χ3v) is 4.57. The van der Waals surface area contributed by atoms with Gasteiger partial charge in [0.25, 0.3) is 0 Å². The molecule has 3 rings (SSSR count). The normalized spacial score (nSPS) is 11.1. The highest BCUT2D eigenvalue weighted by molar-refractivity contribution is 5.94. The van der Waals surface area contributed by atoms with Crippen molar-refractivity contribution in [3.05, 3.63) is 70.4 Å². The number of carbonyl (C=O) groups is 1. The van der Waals surface area contributed by atoms with Gasteiger partial charge in [-0.3, -0.25) is 0 Å². The van der Waals surface area contributed by atoms with Gasteiger partial charge in [-0.25, -0.2) is 4.79 Å². The molecule has 0 aliphatic carbocycles. The van der Waals surface area contributed by atoms with Gasteiger partial charge in [0, 0.05) is 23.6 Å². The highest BCUT2D eigenvalue weighted by atomic mass is 16.4. The van der Waals surface area contributed by atoms with Crippen LogP contribution in [0.3, 0.4) is 0 Å². The standard InChI is InChI=1S/C20H21NO2/c1-4-15-11-21(12-18-13(2)6-5-7-14(18)3)19-10-16(20(22)23)8-9-17(15)19/h5-11H,4,12H2,1-3H3,(H,22,23). The first-order valence-electron chi connectivity index (χ1n) is 7.91. The van der Waals surface area contributed by atoms with Crippen LogP contribution in [0.5, 0.6) is 0 Å². The Kier molecular flexibility index (Phi) is 3.95. The minimum atomic E-state index is -0.884. The minimum absolute atomic E-state index is 0.334. The van der Waals surface area contributed by atoms with E-state index in [1.807, 2.05) is 6.07 Å². The van der Waals surface area contributed by atoms with Crippen molar-refractivity contribution in [2.45, 2.75) is 33.7 Å². The van der Waals surface area contributed by atoms with E-state index in [0.717, 1.165) is 23.9 Å². The van der Waals surface area contributed by atoms with Gasteiger partial charge in [-0.2, -0.15) is 0 Å². The molecule has 0 spiro atoms. The van der Waals surface area contributed by atoms with Crippen LogP contribution in [0, 0.1) is 13.8 Å². The summed E-state index contributed by atoms with van der Waals surface area (Å²) in [5.74, 6) is -0.884. The second-order valence-corrected chi connectivity index (χ2v) is 6.04. The van der Waals surface area contributed by atoms with Gasteiger partial charge >= 0.3 is 5.97 Å². The molecule has 118 valence electrons. The quantitative estimate of drug-likeness (QED) is 0.767. The smallest absolute Gasteiger partial charge is 0.335 e. The van der Waals surface area contributed by atoms with Crippen LogP contribution in [0.4, 0.5) is 0 Å². The van der Waals surface area contributed by atoms with E-state index in [9.17, 15) is 9.90 Å². The zero-order valence-electron chi connectivity index (χ0n) is 13.8. The van der Waals surface area contributed by atoms with Gasteiger partial charge in [0.1, 0.15) is 0 Å². The number of fused-ring (bicyclic) bond motifs is 1. The van der Waals surface area contributed by atoms with E-state index in [4.69, 9.17) is 0 Å². The molecule has 3 heteroatoms. The van der Waals surface area contributed by atoms with E-state index < -0.39 is 5.97 Å². The molecule has 0 aliphatic heterocycles. The first-order chi connectivity index (χ1) is 11.0.